The van der Waals surface area contributed by atoms with E-state index < -0.39 is 6.29 Å². The molecule has 0 aromatic carbocycles. The van der Waals surface area contributed by atoms with E-state index in [1.165, 1.54) is 96.3 Å². The van der Waals surface area contributed by atoms with Crippen molar-refractivity contribution in [1.82, 2.24) is 0 Å². The van der Waals surface area contributed by atoms with Gasteiger partial charge in [-0.3, -0.25) is 0 Å². The summed E-state index contributed by atoms with van der Waals surface area (Å²) < 4.78 is 11.3. The minimum absolute atomic E-state index is 0.0368. The molecule has 0 saturated carbocycles. The molecule has 196 valence electrons. The minimum atomic E-state index is -0.701. The fraction of sp³-hybridized carbons (Fsp3) is 0.867. The lowest BCUT2D eigenvalue weighted by atomic mass is 10.1. The molecule has 0 amide bonds. The molecule has 0 aliphatic heterocycles. The Labute approximate surface area is 207 Å². The smallest absolute Gasteiger partial charge is 0.159 e. The predicted molar refractivity (Wildman–Crippen MR) is 145 cm³/mol. The maximum atomic E-state index is 10.1. The van der Waals surface area contributed by atoms with Crippen LogP contribution in [0.4, 0.5) is 0 Å². The normalized spacial score (nSPS) is 13.9. The molecule has 0 aliphatic rings. The molecular formula is C30H58O3. The highest BCUT2D eigenvalue weighted by Crippen LogP contribution is 2.11. The SMILES string of the molecule is CCCCC/C=C\C/C=C\CCCCCCCCOC(O)C(C)COCCCCCCCC. The second kappa shape index (κ2) is 27.6. The van der Waals surface area contributed by atoms with E-state index in [9.17, 15) is 5.11 Å². The number of ether oxygens (including phenoxy) is 2. The Morgan fingerprint density at radius 1 is 0.606 bits per heavy atom. The lowest BCUT2D eigenvalue weighted by Crippen LogP contribution is -2.26. The Hall–Kier alpha value is -0.640. The van der Waals surface area contributed by atoms with Gasteiger partial charge in [0.1, 0.15) is 0 Å². The van der Waals surface area contributed by atoms with Gasteiger partial charge in [-0.25, -0.2) is 0 Å². The molecule has 0 rings (SSSR count). The molecule has 0 aliphatic carbocycles. The fourth-order valence-corrected chi connectivity index (χ4v) is 3.79. The number of aliphatic hydroxyl groups excluding tert-OH is 1. The molecule has 0 heterocycles. The van der Waals surface area contributed by atoms with E-state index in [1.807, 2.05) is 6.92 Å². The van der Waals surface area contributed by atoms with E-state index in [0.717, 1.165) is 25.9 Å². The summed E-state index contributed by atoms with van der Waals surface area (Å²) in [6, 6.07) is 0. The molecule has 3 nitrogen and oxygen atoms in total. The number of unbranched alkanes of at least 4 members (excludes halogenated alkanes) is 14. The summed E-state index contributed by atoms with van der Waals surface area (Å²) in [5.41, 5.74) is 0. The summed E-state index contributed by atoms with van der Waals surface area (Å²) in [4.78, 5) is 0. The van der Waals surface area contributed by atoms with Gasteiger partial charge in [0.2, 0.25) is 0 Å². The average molecular weight is 467 g/mol. The number of aliphatic hydroxyl groups is 1. The molecule has 0 spiro atoms. The zero-order valence-electron chi connectivity index (χ0n) is 22.6. The van der Waals surface area contributed by atoms with Crippen molar-refractivity contribution in [2.24, 2.45) is 5.92 Å². The number of hydrogen-bond acceptors (Lipinski definition) is 3. The maximum absolute atomic E-state index is 10.1. The summed E-state index contributed by atoms with van der Waals surface area (Å²) in [5, 5.41) is 10.1. The van der Waals surface area contributed by atoms with Crippen LogP contribution in [0.1, 0.15) is 136 Å². The fourth-order valence-electron chi connectivity index (χ4n) is 3.79. The highest BCUT2D eigenvalue weighted by molar-refractivity contribution is 4.92. The van der Waals surface area contributed by atoms with Gasteiger partial charge in [-0.15, -0.1) is 0 Å². The van der Waals surface area contributed by atoms with Crippen molar-refractivity contribution in [2.45, 2.75) is 143 Å². The van der Waals surface area contributed by atoms with Crippen molar-refractivity contribution in [3.05, 3.63) is 24.3 Å². The van der Waals surface area contributed by atoms with Gasteiger partial charge in [0.05, 0.1) is 6.61 Å². The molecule has 0 aromatic rings. The number of rotatable bonds is 26. The first-order valence-corrected chi connectivity index (χ1v) is 14.4. The van der Waals surface area contributed by atoms with Crippen LogP contribution in [0.2, 0.25) is 0 Å². The van der Waals surface area contributed by atoms with Crippen molar-refractivity contribution < 1.29 is 14.6 Å². The van der Waals surface area contributed by atoms with Crippen LogP contribution in [0.25, 0.3) is 0 Å². The van der Waals surface area contributed by atoms with Crippen LogP contribution in [0, 0.1) is 5.92 Å². The van der Waals surface area contributed by atoms with E-state index in [0.29, 0.717) is 13.2 Å². The molecular weight excluding hydrogens is 408 g/mol. The van der Waals surface area contributed by atoms with Crippen LogP contribution in [0.5, 0.6) is 0 Å². The van der Waals surface area contributed by atoms with Crippen LogP contribution in [0.15, 0.2) is 24.3 Å². The lowest BCUT2D eigenvalue weighted by Gasteiger charge is -2.19. The molecule has 0 bridgehead atoms. The van der Waals surface area contributed by atoms with Crippen molar-refractivity contribution in [1.29, 1.82) is 0 Å². The third kappa shape index (κ3) is 25.8. The second-order valence-electron chi connectivity index (χ2n) is 9.67. The average Bonchev–Trinajstić information content (AvgIpc) is 2.82. The second-order valence-corrected chi connectivity index (χ2v) is 9.67. The predicted octanol–water partition coefficient (Wildman–Crippen LogP) is 9.15. The highest BCUT2D eigenvalue weighted by Gasteiger charge is 2.14. The maximum Gasteiger partial charge on any atom is 0.159 e. The third-order valence-corrected chi connectivity index (χ3v) is 6.14. The molecule has 2 unspecified atom stereocenters. The van der Waals surface area contributed by atoms with E-state index in [4.69, 9.17) is 9.47 Å². The topological polar surface area (TPSA) is 38.7 Å². The first kappa shape index (κ1) is 32.4. The molecule has 0 aromatic heterocycles. The zero-order chi connectivity index (χ0) is 24.2. The van der Waals surface area contributed by atoms with Crippen molar-refractivity contribution >= 4 is 0 Å². The quantitative estimate of drug-likeness (QED) is 0.0784. The molecule has 1 N–H and O–H groups in total. The van der Waals surface area contributed by atoms with Crippen LogP contribution in [0.3, 0.4) is 0 Å². The number of allylic oxidation sites excluding steroid dienone is 4. The van der Waals surface area contributed by atoms with Crippen molar-refractivity contribution in [2.75, 3.05) is 19.8 Å². The van der Waals surface area contributed by atoms with Gasteiger partial charge < -0.3 is 14.6 Å². The summed E-state index contributed by atoms with van der Waals surface area (Å²) in [6.07, 6.45) is 31.1. The Kier molecular flexibility index (Phi) is 27.1. The van der Waals surface area contributed by atoms with Gasteiger partial charge in [0.15, 0.2) is 6.29 Å². The van der Waals surface area contributed by atoms with Crippen molar-refractivity contribution in [3.63, 3.8) is 0 Å². The van der Waals surface area contributed by atoms with Crippen LogP contribution in [-0.4, -0.2) is 31.2 Å². The first-order chi connectivity index (χ1) is 16.2. The molecule has 33 heavy (non-hydrogen) atoms. The van der Waals surface area contributed by atoms with E-state index in [2.05, 4.69) is 38.2 Å². The highest BCUT2D eigenvalue weighted by atomic mass is 16.6. The summed E-state index contributed by atoms with van der Waals surface area (Å²) in [6.45, 7) is 8.54. The molecule has 0 radical (unpaired) electrons. The van der Waals surface area contributed by atoms with Gasteiger partial charge >= 0.3 is 0 Å². The Morgan fingerprint density at radius 2 is 1.09 bits per heavy atom. The van der Waals surface area contributed by atoms with Crippen LogP contribution in [-0.2, 0) is 9.47 Å². The Morgan fingerprint density at radius 3 is 1.73 bits per heavy atom. The van der Waals surface area contributed by atoms with E-state index in [1.54, 1.807) is 0 Å². The summed E-state index contributed by atoms with van der Waals surface area (Å²) in [7, 11) is 0. The number of hydrogen-bond donors (Lipinski definition) is 1. The van der Waals surface area contributed by atoms with Gasteiger partial charge in [-0.2, -0.15) is 0 Å². The van der Waals surface area contributed by atoms with E-state index in [-0.39, 0.29) is 5.92 Å². The minimum Gasteiger partial charge on any atom is -0.381 e. The van der Waals surface area contributed by atoms with Gasteiger partial charge in [-0.1, -0.05) is 116 Å². The molecule has 2 atom stereocenters. The standard InChI is InChI=1S/C30H58O3/c1-4-6-8-10-12-13-14-15-16-17-18-19-20-21-23-25-27-33-30(31)29(3)28-32-26-24-22-11-9-7-5-2/h12-13,15-16,29-31H,4-11,14,17-28H2,1-3H3/b13-12-,16-15-. The largest absolute Gasteiger partial charge is 0.381 e. The lowest BCUT2D eigenvalue weighted by molar-refractivity contribution is -0.143. The van der Waals surface area contributed by atoms with Gasteiger partial charge in [-0.05, 0) is 44.9 Å². The summed E-state index contributed by atoms with van der Waals surface area (Å²) in [5.74, 6) is 0.0368. The molecule has 3 heteroatoms. The zero-order valence-corrected chi connectivity index (χ0v) is 22.6. The molecule has 0 saturated heterocycles. The monoisotopic (exact) mass is 466 g/mol. The van der Waals surface area contributed by atoms with Crippen LogP contribution >= 0.6 is 0 Å². The third-order valence-electron chi connectivity index (χ3n) is 6.14. The van der Waals surface area contributed by atoms with E-state index >= 15 is 0 Å². The Balaban J connectivity index is 3.35. The summed E-state index contributed by atoms with van der Waals surface area (Å²) >= 11 is 0. The van der Waals surface area contributed by atoms with Gasteiger partial charge in [0.25, 0.3) is 0 Å². The Bertz CT molecular complexity index is 419. The van der Waals surface area contributed by atoms with Crippen molar-refractivity contribution in [3.8, 4) is 0 Å². The van der Waals surface area contributed by atoms with Gasteiger partial charge in [0, 0.05) is 19.1 Å². The van der Waals surface area contributed by atoms with Crippen LogP contribution < -0.4 is 0 Å². The first-order valence-electron chi connectivity index (χ1n) is 14.4. The molecule has 0 fully saturated rings.